The Morgan fingerprint density at radius 1 is 1.24 bits per heavy atom. The van der Waals surface area contributed by atoms with E-state index in [1.54, 1.807) is 14.2 Å². The van der Waals surface area contributed by atoms with E-state index >= 15 is 0 Å². The Morgan fingerprint density at radius 2 is 1.88 bits per heavy atom. The zero-order chi connectivity index (χ0) is 12.9. The van der Waals surface area contributed by atoms with Gasteiger partial charge in [0, 0.05) is 18.7 Å². The smallest absolute Gasteiger partial charge is 0.123 e. The van der Waals surface area contributed by atoms with Gasteiger partial charge < -0.3 is 15.2 Å². The Balaban J connectivity index is 2.67. The molecule has 1 rings (SSSR count). The van der Waals surface area contributed by atoms with Gasteiger partial charge in [-0.25, -0.2) is 0 Å². The summed E-state index contributed by atoms with van der Waals surface area (Å²) < 4.78 is 10.7. The third-order valence-corrected chi connectivity index (χ3v) is 3.15. The summed E-state index contributed by atoms with van der Waals surface area (Å²) in [4.78, 5) is 0. The van der Waals surface area contributed by atoms with Crippen LogP contribution in [0.2, 0.25) is 0 Å². The zero-order valence-electron chi connectivity index (χ0n) is 11.2. The fourth-order valence-corrected chi connectivity index (χ4v) is 1.73. The standard InChI is InChI=1S/C14H23NO2/c1-14(2,17-4)10-9-12(15)11-7-5-6-8-13(11)16-3/h5-8,12H,9-10,15H2,1-4H3. The summed E-state index contributed by atoms with van der Waals surface area (Å²) in [5.74, 6) is 0.857. The fourth-order valence-electron chi connectivity index (χ4n) is 1.73. The van der Waals surface area contributed by atoms with Crippen molar-refractivity contribution in [2.75, 3.05) is 14.2 Å². The summed E-state index contributed by atoms with van der Waals surface area (Å²) in [5, 5.41) is 0. The number of benzene rings is 1. The first-order valence-electron chi connectivity index (χ1n) is 5.94. The molecule has 0 heterocycles. The van der Waals surface area contributed by atoms with E-state index in [1.165, 1.54) is 0 Å². The Labute approximate surface area is 104 Å². The highest BCUT2D eigenvalue weighted by atomic mass is 16.5. The van der Waals surface area contributed by atoms with Crippen LogP contribution in [0, 0.1) is 0 Å². The molecule has 0 spiro atoms. The maximum atomic E-state index is 6.20. The molecule has 0 aliphatic heterocycles. The van der Waals surface area contributed by atoms with Crippen LogP contribution in [0.5, 0.6) is 5.75 Å². The monoisotopic (exact) mass is 237 g/mol. The van der Waals surface area contributed by atoms with Crippen LogP contribution >= 0.6 is 0 Å². The predicted molar refractivity (Wildman–Crippen MR) is 70.2 cm³/mol. The van der Waals surface area contributed by atoms with E-state index in [0.717, 1.165) is 24.2 Å². The van der Waals surface area contributed by atoms with Crippen LogP contribution in [0.15, 0.2) is 24.3 Å². The normalized spacial score (nSPS) is 13.5. The van der Waals surface area contributed by atoms with Crippen LogP contribution in [0.4, 0.5) is 0 Å². The molecule has 0 radical (unpaired) electrons. The lowest BCUT2D eigenvalue weighted by molar-refractivity contribution is 0.0124. The van der Waals surface area contributed by atoms with Gasteiger partial charge in [0.2, 0.25) is 0 Å². The first-order chi connectivity index (χ1) is 8.00. The highest BCUT2D eigenvalue weighted by molar-refractivity contribution is 5.35. The van der Waals surface area contributed by atoms with Gasteiger partial charge in [-0.3, -0.25) is 0 Å². The topological polar surface area (TPSA) is 44.5 Å². The summed E-state index contributed by atoms with van der Waals surface area (Å²) in [6, 6.07) is 7.88. The molecule has 3 nitrogen and oxygen atoms in total. The summed E-state index contributed by atoms with van der Waals surface area (Å²) in [5.41, 5.74) is 7.13. The van der Waals surface area contributed by atoms with Crippen molar-refractivity contribution in [2.24, 2.45) is 5.73 Å². The van der Waals surface area contributed by atoms with Gasteiger partial charge in [0.05, 0.1) is 12.7 Å². The Bertz CT molecular complexity index is 350. The SMILES string of the molecule is COc1ccccc1C(N)CCC(C)(C)OC. The quantitative estimate of drug-likeness (QED) is 0.827. The molecule has 0 fully saturated rings. The van der Waals surface area contributed by atoms with Gasteiger partial charge >= 0.3 is 0 Å². The highest BCUT2D eigenvalue weighted by Gasteiger charge is 2.19. The van der Waals surface area contributed by atoms with Gasteiger partial charge in [0.25, 0.3) is 0 Å². The molecule has 0 aliphatic carbocycles. The number of para-hydroxylation sites is 1. The van der Waals surface area contributed by atoms with E-state index < -0.39 is 0 Å². The first-order valence-corrected chi connectivity index (χ1v) is 5.94. The van der Waals surface area contributed by atoms with Crippen LogP contribution in [0.3, 0.4) is 0 Å². The molecule has 17 heavy (non-hydrogen) atoms. The lowest BCUT2D eigenvalue weighted by Crippen LogP contribution is -2.24. The number of ether oxygens (including phenoxy) is 2. The molecule has 0 amide bonds. The zero-order valence-corrected chi connectivity index (χ0v) is 11.2. The van der Waals surface area contributed by atoms with Crippen LogP contribution < -0.4 is 10.5 Å². The van der Waals surface area contributed by atoms with E-state index in [1.807, 2.05) is 24.3 Å². The number of hydrogen-bond donors (Lipinski definition) is 1. The lowest BCUT2D eigenvalue weighted by Gasteiger charge is -2.25. The highest BCUT2D eigenvalue weighted by Crippen LogP contribution is 2.28. The van der Waals surface area contributed by atoms with Crippen LogP contribution in [0.1, 0.15) is 38.3 Å². The fraction of sp³-hybridized carbons (Fsp3) is 0.571. The third kappa shape index (κ3) is 4.02. The lowest BCUT2D eigenvalue weighted by atomic mass is 9.95. The molecule has 1 atom stereocenters. The third-order valence-electron chi connectivity index (χ3n) is 3.15. The Kier molecular flexibility index (Phi) is 4.97. The second-order valence-electron chi connectivity index (χ2n) is 4.85. The molecule has 2 N–H and O–H groups in total. The maximum Gasteiger partial charge on any atom is 0.123 e. The van der Waals surface area contributed by atoms with Crippen LogP contribution in [-0.4, -0.2) is 19.8 Å². The molecular weight excluding hydrogens is 214 g/mol. The molecular formula is C14H23NO2. The molecule has 3 heteroatoms. The van der Waals surface area contributed by atoms with Crippen LogP contribution in [0.25, 0.3) is 0 Å². The minimum absolute atomic E-state index is 0.0134. The van der Waals surface area contributed by atoms with E-state index in [0.29, 0.717) is 0 Å². The van der Waals surface area contributed by atoms with E-state index in [2.05, 4.69) is 13.8 Å². The molecule has 96 valence electrons. The first kappa shape index (κ1) is 14.0. The molecule has 0 aliphatic rings. The number of methoxy groups -OCH3 is 2. The molecule has 0 saturated heterocycles. The summed E-state index contributed by atoms with van der Waals surface area (Å²) in [6.07, 6.45) is 1.80. The number of nitrogens with two attached hydrogens (primary N) is 1. The van der Waals surface area contributed by atoms with Gasteiger partial charge in [-0.05, 0) is 32.8 Å². The van der Waals surface area contributed by atoms with Gasteiger partial charge in [-0.1, -0.05) is 18.2 Å². The van der Waals surface area contributed by atoms with Gasteiger partial charge in [0.15, 0.2) is 0 Å². The molecule has 1 aromatic carbocycles. The van der Waals surface area contributed by atoms with Crippen molar-refractivity contribution in [1.29, 1.82) is 0 Å². The van der Waals surface area contributed by atoms with Crippen molar-refractivity contribution in [3.8, 4) is 5.75 Å². The van der Waals surface area contributed by atoms with Crippen molar-refractivity contribution in [2.45, 2.75) is 38.3 Å². The van der Waals surface area contributed by atoms with Gasteiger partial charge in [-0.2, -0.15) is 0 Å². The van der Waals surface area contributed by atoms with Crippen molar-refractivity contribution < 1.29 is 9.47 Å². The second kappa shape index (κ2) is 6.03. The molecule has 0 aromatic heterocycles. The maximum absolute atomic E-state index is 6.20. The van der Waals surface area contributed by atoms with Crippen molar-refractivity contribution in [1.82, 2.24) is 0 Å². The second-order valence-corrected chi connectivity index (χ2v) is 4.85. The minimum atomic E-state index is -0.125. The van der Waals surface area contributed by atoms with Gasteiger partial charge in [-0.15, -0.1) is 0 Å². The molecule has 1 unspecified atom stereocenters. The summed E-state index contributed by atoms with van der Waals surface area (Å²) >= 11 is 0. The summed E-state index contributed by atoms with van der Waals surface area (Å²) in [6.45, 7) is 4.14. The average Bonchev–Trinajstić information content (AvgIpc) is 2.36. The van der Waals surface area contributed by atoms with Gasteiger partial charge in [0.1, 0.15) is 5.75 Å². The summed E-state index contributed by atoms with van der Waals surface area (Å²) in [7, 11) is 3.40. The molecule has 0 bridgehead atoms. The number of rotatable bonds is 6. The molecule has 1 aromatic rings. The van der Waals surface area contributed by atoms with E-state index in [9.17, 15) is 0 Å². The van der Waals surface area contributed by atoms with Crippen molar-refractivity contribution >= 4 is 0 Å². The number of hydrogen-bond acceptors (Lipinski definition) is 3. The van der Waals surface area contributed by atoms with Crippen molar-refractivity contribution in [3.63, 3.8) is 0 Å². The van der Waals surface area contributed by atoms with Crippen LogP contribution in [-0.2, 0) is 4.74 Å². The average molecular weight is 237 g/mol. The Morgan fingerprint density at radius 3 is 2.47 bits per heavy atom. The van der Waals surface area contributed by atoms with E-state index in [-0.39, 0.29) is 11.6 Å². The largest absolute Gasteiger partial charge is 0.496 e. The Hall–Kier alpha value is -1.06. The predicted octanol–water partition coefficient (Wildman–Crippen LogP) is 2.90. The molecule has 0 saturated carbocycles. The minimum Gasteiger partial charge on any atom is -0.496 e. The van der Waals surface area contributed by atoms with Crippen molar-refractivity contribution in [3.05, 3.63) is 29.8 Å². The van der Waals surface area contributed by atoms with E-state index in [4.69, 9.17) is 15.2 Å².